The Kier molecular flexibility index (Phi) is 2.96. The summed E-state index contributed by atoms with van der Waals surface area (Å²) >= 11 is 0. The minimum Gasteiger partial charge on any atom is -0.399 e. The molecule has 2 nitrogen and oxygen atoms in total. The highest BCUT2D eigenvalue weighted by Gasteiger charge is 2.16. The van der Waals surface area contributed by atoms with Crippen LogP contribution in [0.25, 0.3) is 0 Å². The van der Waals surface area contributed by atoms with Gasteiger partial charge in [0.1, 0.15) is 0 Å². The SMILES string of the molecule is C[C](C)CN1CCc2ccc(N)cc2C1. The van der Waals surface area contributed by atoms with Gasteiger partial charge in [0.2, 0.25) is 0 Å². The molecule has 81 valence electrons. The minimum absolute atomic E-state index is 0.882. The summed E-state index contributed by atoms with van der Waals surface area (Å²) in [7, 11) is 0. The molecule has 2 heteroatoms. The summed E-state index contributed by atoms with van der Waals surface area (Å²) in [6.45, 7) is 7.70. The fourth-order valence-corrected chi connectivity index (χ4v) is 2.22. The maximum atomic E-state index is 5.80. The first kappa shape index (κ1) is 10.5. The molecular formula is C13H19N2. The van der Waals surface area contributed by atoms with Crippen molar-refractivity contribution in [3.8, 4) is 0 Å². The van der Waals surface area contributed by atoms with Crippen molar-refractivity contribution in [2.75, 3.05) is 18.8 Å². The van der Waals surface area contributed by atoms with Crippen LogP contribution in [-0.4, -0.2) is 18.0 Å². The Hall–Kier alpha value is -1.02. The van der Waals surface area contributed by atoms with E-state index in [2.05, 4.69) is 30.9 Å². The number of rotatable bonds is 2. The second-order valence-electron chi connectivity index (χ2n) is 4.70. The highest BCUT2D eigenvalue weighted by molar-refractivity contribution is 5.45. The number of nitrogens with zero attached hydrogens (tertiary/aromatic N) is 1. The Labute approximate surface area is 92.1 Å². The van der Waals surface area contributed by atoms with E-state index in [1.165, 1.54) is 23.6 Å². The number of nitrogens with two attached hydrogens (primary N) is 1. The molecule has 0 spiro atoms. The number of nitrogen functional groups attached to an aromatic ring is 1. The topological polar surface area (TPSA) is 29.3 Å². The lowest BCUT2D eigenvalue weighted by molar-refractivity contribution is 0.264. The molecular weight excluding hydrogens is 184 g/mol. The van der Waals surface area contributed by atoms with Crippen LogP contribution in [0, 0.1) is 5.92 Å². The average molecular weight is 203 g/mol. The number of anilines is 1. The zero-order valence-electron chi connectivity index (χ0n) is 9.59. The average Bonchev–Trinajstić information content (AvgIpc) is 2.16. The zero-order chi connectivity index (χ0) is 10.8. The molecule has 1 aromatic rings. The van der Waals surface area contributed by atoms with Crippen molar-refractivity contribution in [3.63, 3.8) is 0 Å². The molecule has 1 heterocycles. The van der Waals surface area contributed by atoms with Gasteiger partial charge in [-0.05, 0) is 35.6 Å². The molecule has 1 aliphatic heterocycles. The molecule has 1 aromatic carbocycles. The van der Waals surface area contributed by atoms with E-state index in [0.29, 0.717) is 0 Å². The molecule has 0 aliphatic carbocycles. The molecule has 0 saturated carbocycles. The van der Waals surface area contributed by atoms with Gasteiger partial charge < -0.3 is 5.73 Å². The molecule has 1 radical (unpaired) electrons. The molecule has 0 amide bonds. The molecule has 0 unspecified atom stereocenters. The van der Waals surface area contributed by atoms with Crippen LogP contribution in [0.1, 0.15) is 25.0 Å². The first-order chi connectivity index (χ1) is 7.15. The molecule has 2 N–H and O–H groups in total. The lowest BCUT2D eigenvalue weighted by Crippen LogP contribution is -2.32. The summed E-state index contributed by atoms with van der Waals surface area (Å²) in [5.41, 5.74) is 9.56. The van der Waals surface area contributed by atoms with Gasteiger partial charge in [-0.3, -0.25) is 4.90 Å². The summed E-state index contributed by atoms with van der Waals surface area (Å²) < 4.78 is 0. The van der Waals surface area contributed by atoms with Gasteiger partial charge in [0.25, 0.3) is 0 Å². The number of benzene rings is 1. The third kappa shape index (κ3) is 2.51. The van der Waals surface area contributed by atoms with Crippen molar-refractivity contribution in [3.05, 3.63) is 35.2 Å². The molecule has 2 rings (SSSR count). The predicted octanol–water partition coefficient (Wildman–Crippen LogP) is 2.24. The van der Waals surface area contributed by atoms with Crippen LogP contribution >= 0.6 is 0 Å². The Morgan fingerprint density at radius 1 is 1.33 bits per heavy atom. The van der Waals surface area contributed by atoms with E-state index in [0.717, 1.165) is 25.2 Å². The van der Waals surface area contributed by atoms with Crippen LogP contribution in [0.4, 0.5) is 5.69 Å². The van der Waals surface area contributed by atoms with E-state index >= 15 is 0 Å². The Morgan fingerprint density at radius 2 is 2.13 bits per heavy atom. The predicted molar refractivity (Wildman–Crippen MR) is 64.4 cm³/mol. The number of fused-ring (bicyclic) bond motifs is 1. The number of hydrogen-bond acceptors (Lipinski definition) is 2. The van der Waals surface area contributed by atoms with Crippen LogP contribution in [0.5, 0.6) is 0 Å². The maximum Gasteiger partial charge on any atom is 0.0317 e. The van der Waals surface area contributed by atoms with E-state index in [1.54, 1.807) is 0 Å². The van der Waals surface area contributed by atoms with E-state index in [-0.39, 0.29) is 0 Å². The largest absolute Gasteiger partial charge is 0.399 e. The Morgan fingerprint density at radius 3 is 2.87 bits per heavy atom. The second-order valence-corrected chi connectivity index (χ2v) is 4.70. The van der Waals surface area contributed by atoms with E-state index in [9.17, 15) is 0 Å². The second kappa shape index (κ2) is 4.23. The quantitative estimate of drug-likeness (QED) is 0.747. The summed E-state index contributed by atoms with van der Waals surface area (Å²) in [6.07, 6.45) is 1.16. The lowest BCUT2D eigenvalue weighted by Gasteiger charge is -2.30. The summed E-state index contributed by atoms with van der Waals surface area (Å²) in [5.74, 6) is 1.47. The molecule has 0 fully saturated rings. The smallest absolute Gasteiger partial charge is 0.0317 e. The third-order valence-electron chi connectivity index (χ3n) is 2.86. The van der Waals surface area contributed by atoms with Crippen molar-refractivity contribution in [1.29, 1.82) is 0 Å². The van der Waals surface area contributed by atoms with E-state index in [1.807, 2.05) is 6.07 Å². The van der Waals surface area contributed by atoms with Gasteiger partial charge in [-0.25, -0.2) is 0 Å². The van der Waals surface area contributed by atoms with Crippen molar-refractivity contribution < 1.29 is 0 Å². The molecule has 0 aromatic heterocycles. The highest BCUT2D eigenvalue weighted by Crippen LogP contribution is 2.21. The van der Waals surface area contributed by atoms with Gasteiger partial charge in [-0.2, -0.15) is 0 Å². The zero-order valence-corrected chi connectivity index (χ0v) is 9.59. The summed E-state index contributed by atoms with van der Waals surface area (Å²) in [6, 6.07) is 6.29. The van der Waals surface area contributed by atoms with E-state index in [4.69, 9.17) is 5.73 Å². The van der Waals surface area contributed by atoms with Gasteiger partial charge >= 0.3 is 0 Å². The van der Waals surface area contributed by atoms with Crippen LogP contribution in [0.15, 0.2) is 18.2 Å². The van der Waals surface area contributed by atoms with Gasteiger partial charge in [0, 0.05) is 25.3 Å². The maximum absolute atomic E-state index is 5.80. The van der Waals surface area contributed by atoms with Crippen LogP contribution < -0.4 is 5.73 Å². The Bertz CT molecular complexity index is 344. The van der Waals surface area contributed by atoms with Gasteiger partial charge in [0.15, 0.2) is 0 Å². The molecule has 0 saturated heterocycles. The first-order valence-electron chi connectivity index (χ1n) is 5.54. The summed E-state index contributed by atoms with van der Waals surface area (Å²) in [4.78, 5) is 2.48. The number of hydrogen-bond donors (Lipinski definition) is 1. The van der Waals surface area contributed by atoms with Crippen LogP contribution in [0.3, 0.4) is 0 Å². The highest BCUT2D eigenvalue weighted by atomic mass is 15.1. The molecule has 1 aliphatic rings. The summed E-state index contributed by atoms with van der Waals surface area (Å²) in [5, 5.41) is 0. The standard InChI is InChI=1S/C13H19N2/c1-10(2)8-15-6-5-11-3-4-13(14)7-12(11)9-15/h3-4,7H,5-6,8-9,14H2,1-2H3. The van der Waals surface area contributed by atoms with Gasteiger partial charge in [0.05, 0.1) is 0 Å². The molecule has 15 heavy (non-hydrogen) atoms. The van der Waals surface area contributed by atoms with Crippen molar-refractivity contribution in [2.45, 2.75) is 26.8 Å². The minimum atomic E-state index is 0.882. The third-order valence-corrected chi connectivity index (χ3v) is 2.86. The normalized spacial score (nSPS) is 16.7. The Balaban J connectivity index is 2.11. The van der Waals surface area contributed by atoms with Crippen LogP contribution in [-0.2, 0) is 13.0 Å². The van der Waals surface area contributed by atoms with Crippen LogP contribution in [0.2, 0.25) is 0 Å². The first-order valence-corrected chi connectivity index (χ1v) is 5.54. The fraction of sp³-hybridized carbons (Fsp3) is 0.462. The monoisotopic (exact) mass is 203 g/mol. The fourth-order valence-electron chi connectivity index (χ4n) is 2.22. The van der Waals surface area contributed by atoms with Crippen molar-refractivity contribution >= 4 is 5.69 Å². The van der Waals surface area contributed by atoms with Crippen molar-refractivity contribution in [1.82, 2.24) is 4.90 Å². The lowest BCUT2D eigenvalue weighted by atomic mass is 9.98. The van der Waals surface area contributed by atoms with Gasteiger partial charge in [-0.1, -0.05) is 19.9 Å². The van der Waals surface area contributed by atoms with E-state index < -0.39 is 0 Å². The molecule has 0 atom stereocenters. The molecule has 0 bridgehead atoms. The van der Waals surface area contributed by atoms with Gasteiger partial charge in [-0.15, -0.1) is 0 Å². The van der Waals surface area contributed by atoms with Crippen molar-refractivity contribution in [2.24, 2.45) is 0 Å².